The second-order valence-corrected chi connectivity index (χ2v) is 9.48. The lowest BCUT2D eigenvalue weighted by Gasteiger charge is -2.26. The summed E-state index contributed by atoms with van der Waals surface area (Å²) in [7, 11) is -3.40. The minimum absolute atomic E-state index is 0.0478. The molecule has 1 heterocycles. The first-order chi connectivity index (χ1) is 16.4. The van der Waals surface area contributed by atoms with Crippen molar-refractivity contribution in [3.05, 3.63) is 77.7 Å². The Hall–Kier alpha value is -3.30. The highest BCUT2D eigenvalue weighted by atomic mass is 31.1. The van der Waals surface area contributed by atoms with Gasteiger partial charge >= 0.3 is 5.97 Å². The summed E-state index contributed by atoms with van der Waals surface area (Å²) in [6.07, 6.45) is 6.34. The molecule has 0 amide bonds. The molecule has 0 spiro atoms. The van der Waals surface area contributed by atoms with Crippen molar-refractivity contribution in [2.45, 2.75) is 36.9 Å². The van der Waals surface area contributed by atoms with Gasteiger partial charge in [0.05, 0.1) is 23.9 Å². The summed E-state index contributed by atoms with van der Waals surface area (Å²) in [4.78, 5) is 27.1. The number of pyridine rings is 1. The smallest absolute Gasteiger partial charge is 0.322 e. The van der Waals surface area contributed by atoms with Crippen LogP contribution in [0.3, 0.4) is 0 Å². The van der Waals surface area contributed by atoms with Gasteiger partial charge in [-0.15, -0.1) is 0 Å². The molecule has 0 radical (unpaired) electrons. The van der Waals surface area contributed by atoms with Crippen LogP contribution in [-0.4, -0.2) is 27.1 Å². The maximum atomic E-state index is 13.7. The summed E-state index contributed by atoms with van der Waals surface area (Å²) < 4.78 is 30.8. The van der Waals surface area contributed by atoms with Crippen LogP contribution in [0.15, 0.2) is 60.7 Å². The minimum Gasteiger partial charge on any atom is -0.391 e. The van der Waals surface area contributed by atoms with E-state index in [1.165, 1.54) is 12.1 Å². The first kappa shape index (κ1) is 23.8. The van der Waals surface area contributed by atoms with Crippen LogP contribution in [-0.2, 0) is 14.1 Å². The SMILES string of the molecule is C#COC(=O)CC(O)C(c1c(-c2ccc(F)cc2)cc(-c2ccccc2)nc1C1CC1)[PH](=O)O. The maximum Gasteiger partial charge on any atom is 0.322 e. The molecule has 0 bridgehead atoms. The number of nitrogens with zero attached hydrogens (tertiary/aromatic N) is 1. The lowest BCUT2D eigenvalue weighted by molar-refractivity contribution is -0.139. The van der Waals surface area contributed by atoms with Gasteiger partial charge in [0.15, 0.2) is 8.03 Å². The lowest BCUT2D eigenvalue weighted by Crippen LogP contribution is -2.23. The number of carbonyl (C=O) groups excluding carboxylic acids is 1. The molecule has 6 nitrogen and oxygen atoms in total. The first-order valence-corrected chi connectivity index (χ1v) is 12.2. The van der Waals surface area contributed by atoms with Gasteiger partial charge in [0.25, 0.3) is 0 Å². The first-order valence-electron chi connectivity index (χ1n) is 10.8. The third kappa shape index (κ3) is 5.26. The van der Waals surface area contributed by atoms with Crippen molar-refractivity contribution in [1.29, 1.82) is 0 Å². The summed E-state index contributed by atoms with van der Waals surface area (Å²) in [5.41, 5.74) is 2.36. The van der Waals surface area contributed by atoms with Crippen molar-refractivity contribution in [2.24, 2.45) is 0 Å². The topological polar surface area (TPSA) is 96.7 Å². The number of carbonyl (C=O) groups is 1. The molecule has 3 atom stereocenters. The molecule has 34 heavy (non-hydrogen) atoms. The number of hydrogen-bond acceptors (Lipinski definition) is 5. The van der Waals surface area contributed by atoms with Gasteiger partial charge in [-0.25, -0.2) is 4.39 Å². The van der Waals surface area contributed by atoms with Crippen molar-refractivity contribution in [3.63, 3.8) is 0 Å². The zero-order valence-electron chi connectivity index (χ0n) is 18.1. The van der Waals surface area contributed by atoms with E-state index in [2.05, 4.69) is 4.74 Å². The van der Waals surface area contributed by atoms with Crippen LogP contribution < -0.4 is 0 Å². The minimum atomic E-state index is -3.40. The predicted molar refractivity (Wildman–Crippen MR) is 127 cm³/mol. The van der Waals surface area contributed by atoms with Gasteiger partial charge in [-0.05, 0) is 47.7 Å². The zero-order chi connectivity index (χ0) is 24.2. The van der Waals surface area contributed by atoms with Gasteiger partial charge in [0.2, 0.25) is 0 Å². The highest BCUT2D eigenvalue weighted by Gasteiger charge is 2.38. The van der Waals surface area contributed by atoms with Crippen molar-refractivity contribution >= 4 is 14.0 Å². The molecule has 1 aromatic heterocycles. The van der Waals surface area contributed by atoms with Gasteiger partial charge in [-0.2, -0.15) is 0 Å². The molecule has 1 aliphatic carbocycles. The molecule has 4 rings (SSSR count). The summed E-state index contributed by atoms with van der Waals surface area (Å²) in [5, 5.41) is 10.9. The van der Waals surface area contributed by atoms with Crippen molar-refractivity contribution in [1.82, 2.24) is 4.98 Å². The van der Waals surface area contributed by atoms with Gasteiger partial charge < -0.3 is 14.7 Å². The van der Waals surface area contributed by atoms with E-state index >= 15 is 0 Å². The van der Waals surface area contributed by atoms with Crippen molar-refractivity contribution in [2.75, 3.05) is 0 Å². The molecule has 1 fully saturated rings. The number of aliphatic hydroxyl groups excluding tert-OH is 1. The second-order valence-electron chi connectivity index (χ2n) is 8.18. The average Bonchev–Trinajstić information content (AvgIpc) is 3.66. The maximum absolute atomic E-state index is 13.7. The summed E-state index contributed by atoms with van der Waals surface area (Å²) in [5.74, 6) is -1.26. The quantitative estimate of drug-likeness (QED) is 0.273. The van der Waals surface area contributed by atoms with Gasteiger partial charge in [-0.1, -0.05) is 48.9 Å². The largest absolute Gasteiger partial charge is 0.391 e. The third-order valence-corrected chi connectivity index (χ3v) is 6.99. The Morgan fingerprint density at radius 3 is 2.44 bits per heavy atom. The van der Waals surface area contributed by atoms with E-state index in [0.29, 0.717) is 28.1 Å². The molecule has 3 unspecified atom stereocenters. The number of ether oxygens (including phenoxy) is 1. The van der Waals surface area contributed by atoms with Crippen LogP contribution in [0.2, 0.25) is 0 Å². The van der Waals surface area contributed by atoms with Crippen LogP contribution in [0.4, 0.5) is 4.39 Å². The van der Waals surface area contributed by atoms with Crippen LogP contribution in [0.1, 0.15) is 42.1 Å². The number of aliphatic hydroxyl groups is 1. The van der Waals surface area contributed by atoms with E-state index in [1.807, 2.05) is 30.3 Å². The Morgan fingerprint density at radius 2 is 1.85 bits per heavy atom. The molecule has 174 valence electrons. The molecule has 2 aromatic carbocycles. The standard InChI is InChI=1S/C26H23FNO5P/c1-2-33-23(30)15-22(29)26(34(31)32)24-20(16-10-12-19(27)13-11-16)14-21(17-6-4-3-5-7-17)28-25(24)18-8-9-18/h1,3-7,10-14,18,22,26,29,34H,8-9,15H2,(H,31,32). The van der Waals surface area contributed by atoms with E-state index < -0.39 is 38.0 Å². The molecule has 3 aromatic rings. The molecular weight excluding hydrogens is 456 g/mol. The second kappa shape index (κ2) is 10.3. The lowest BCUT2D eigenvalue weighted by atomic mass is 9.90. The number of hydrogen-bond donors (Lipinski definition) is 2. The van der Waals surface area contributed by atoms with E-state index in [9.17, 15) is 23.7 Å². The highest BCUT2D eigenvalue weighted by molar-refractivity contribution is 7.38. The molecule has 0 saturated heterocycles. The van der Waals surface area contributed by atoms with Crippen LogP contribution in [0.25, 0.3) is 22.4 Å². The Balaban J connectivity index is 1.94. The number of rotatable bonds is 8. The monoisotopic (exact) mass is 479 g/mol. The average molecular weight is 479 g/mol. The van der Waals surface area contributed by atoms with Crippen LogP contribution >= 0.6 is 8.03 Å². The van der Waals surface area contributed by atoms with Crippen molar-refractivity contribution < 1.29 is 28.5 Å². The molecule has 1 aliphatic rings. The zero-order valence-corrected chi connectivity index (χ0v) is 19.1. The number of halogens is 1. The summed E-state index contributed by atoms with van der Waals surface area (Å²) in [6.45, 7) is 0. The normalized spacial score (nSPS) is 15.7. The number of aromatic nitrogens is 1. The van der Waals surface area contributed by atoms with Gasteiger partial charge in [0.1, 0.15) is 11.9 Å². The van der Waals surface area contributed by atoms with Gasteiger partial charge in [-0.3, -0.25) is 14.3 Å². The number of esters is 1. The third-order valence-electron chi connectivity index (χ3n) is 5.79. The Morgan fingerprint density at radius 1 is 1.18 bits per heavy atom. The van der Waals surface area contributed by atoms with E-state index in [4.69, 9.17) is 11.4 Å². The molecular formula is C26H23FNO5P. The van der Waals surface area contributed by atoms with Crippen LogP contribution in [0.5, 0.6) is 0 Å². The Labute approximate surface area is 197 Å². The Kier molecular flexibility index (Phi) is 7.23. The van der Waals surface area contributed by atoms with E-state index in [-0.39, 0.29) is 5.92 Å². The molecule has 0 aliphatic heterocycles. The van der Waals surface area contributed by atoms with Gasteiger partial charge in [0, 0.05) is 17.2 Å². The van der Waals surface area contributed by atoms with E-state index in [1.54, 1.807) is 24.3 Å². The molecule has 1 saturated carbocycles. The fourth-order valence-corrected chi connectivity index (χ4v) is 5.07. The summed E-state index contributed by atoms with van der Waals surface area (Å²) >= 11 is 0. The number of terminal acetylenes is 1. The Bertz CT molecular complexity index is 1250. The fourth-order valence-electron chi connectivity index (χ4n) is 4.07. The van der Waals surface area contributed by atoms with E-state index in [0.717, 1.165) is 18.4 Å². The molecule has 2 N–H and O–H groups in total. The predicted octanol–water partition coefficient (Wildman–Crippen LogP) is 4.83. The molecule has 8 heteroatoms. The number of benzene rings is 2. The fraction of sp³-hybridized carbons (Fsp3) is 0.231. The summed E-state index contributed by atoms with van der Waals surface area (Å²) in [6, 6.07) is 17.0. The van der Waals surface area contributed by atoms with Crippen LogP contribution in [0, 0.1) is 18.3 Å². The van der Waals surface area contributed by atoms with Crippen molar-refractivity contribution in [3.8, 4) is 34.9 Å². The highest BCUT2D eigenvalue weighted by Crippen LogP contribution is 2.52.